The van der Waals surface area contributed by atoms with Gasteiger partial charge in [0.05, 0.1) is 5.69 Å². The number of aryl methyl sites for hydroxylation is 1. The van der Waals surface area contributed by atoms with Gasteiger partial charge in [-0.3, -0.25) is 9.59 Å². The molecule has 0 aliphatic heterocycles. The molecule has 5 nitrogen and oxygen atoms in total. The highest BCUT2D eigenvalue weighted by molar-refractivity contribution is 7.98. The number of carbonyl (C=O) groups is 1. The number of aromatic nitrogens is 1. The predicted molar refractivity (Wildman–Crippen MR) is 126 cm³/mol. The monoisotopic (exact) mass is 430 g/mol. The van der Waals surface area contributed by atoms with Crippen LogP contribution in [0.4, 0.5) is 5.69 Å². The maximum atomic E-state index is 12.4. The number of pyridine rings is 1. The van der Waals surface area contributed by atoms with Crippen molar-refractivity contribution < 1.29 is 9.53 Å². The van der Waals surface area contributed by atoms with E-state index in [2.05, 4.69) is 10.3 Å². The number of benzene rings is 3. The van der Waals surface area contributed by atoms with Gasteiger partial charge in [0.25, 0.3) is 5.91 Å². The first-order valence-electron chi connectivity index (χ1n) is 9.91. The molecule has 6 heteroatoms. The molecule has 0 unspecified atom stereocenters. The van der Waals surface area contributed by atoms with Crippen LogP contribution in [0.25, 0.3) is 10.9 Å². The number of thioether (sulfide) groups is 1. The van der Waals surface area contributed by atoms with Gasteiger partial charge in [-0.2, -0.15) is 0 Å². The lowest BCUT2D eigenvalue weighted by molar-refractivity contribution is -0.118. The summed E-state index contributed by atoms with van der Waals surface area (Å²) in [5.74, 6) is 1.04. The molecular formula is C25H22N2O3S. The van der Waals surface area contributed by atoms with Gasteiger partial charge in [0.15, 0.2) is 12.0 Å². The second-order valence-electron chi connectivity index (χ2n) is 7.09. The Morgan fingerprint density at radius 1 is 1.00 bits per heavy atom. The number of carbonyl (C=O) groups excluding carboxylic acids is 1. The van der Waals surface area contributed by atoms with Crippen molar-refractivity contribution in [1.29, 1.82) is 0 Å². The molecule has 1 aromatic heterocycles. The third kappa shape index (κ3) is 5.16. The molecule has 0 aliphatic carbocycles. The molecule has 0 fully saturated rings. The average Bonchev–Trinajstić information content (AvgIpc) is 2.78. The third-order valence-electron chi connectivity index (χ3n) is 4.79. The summed E-state index contributed by atoms with van der Waals surface area (Å²) in [7, 11) is 0. The quantitative estimate of drug-likeness (QED) is 0.398. The lowest BCUT2D eigenvalue weighted by atomic mass is 10.2. The second kappa shape index (κ2) is 9.53. The standard InChI is InChI=1S/C25H22N2O3S/c1-17-8-2-6-12-23(17)30-15-25(29)27-21-11-5-7-13-24(21)31-16-18-14-22(28)19-9-3-4-10-20(19)26-18/h2-14H,15-16H2,1H3,(H,26,28)(H,27,29). The minimum Gasteiger partial charge on any atom is -0.483 e. The van der Waals surface area contributed by atoms with Crippen molar-refractivity contribution in [3.05, 3.63) is 100 Å². The minimum atomic E-state index is -0.226. The molecule has 0 radical (unpaired) electrons. The molecule has 4 rings (SSSR count). The number of ether oxygens (including phenoxy) is 1. The Morgan fingerprint density at radius 3 is 2.61 bits per heavy atom. The molecular weight excluding hydrogens is 408 g/mol. The van der Waals surface area contributed by atoms with E-state index < -0.39 is 0 Å². The van der Waals surface area contributed by atoms with Crippen LogP contribution in [-0.2, 0) is 10.5 Å². The van der Waals surface area contributed by atoms with Crippen LogP contribution < -0.4 is 15.5 Å². The van der Waals surface area contributed by atoms with E-state index in [-0.39, 0.29) is 17.9 Å². The van der Waals surface area contributed by atoms with E-state index in [1.807, 2.05) is 79.7 Å². The maximum Gasteiger partial charge on any atom is 0.262 e. The molecule has 4 aromatic rings. The molecule has 0 spiro atoms. The van der Waals surface area contributed by atoms with Crippen LogP contribution >= 0.6 is 11.8 Å². The number of nitrogens with one attached hydrogen (secondary N) is 2. The second-order valence-corrected chi connectivity index (χ2v) is 8.11. The minimum absolute atomic E-state index is 0.0000999. The lowest BCUT2D eigenvalue weighted by Gasteiger charge is -2.12. The van der Waals surface area contributed by atoms with Crippen molar-refractivity contribution in [2.75, 3.05) is 11.9 Å². The van der Waals surface area contributed by atoms with Crippen LogP contribution in [0.3, 0.4) is 0 Å². The van der Waals surface area contributed by atoms with Gasteiger partial charge in [0, 0.05) is 33.3 Å². The third-order valence-corrected chi connectivity index (χ3v) is 5.91. The number of fused-ring (bicyclic) bond motifs is 1. The first-order chi connectivity index (χ1) is 15.1. The summed E-state index contributed by atoms with van der Waals surface area (Å²) in [6.45, 7) is 1.87. The summed E-state index contributed by atoms with van der Waals surface area (Å²) >= 11 is 1.55. The van der Waals surface area contributed by atoms with Gasteiger partial charge in [-0.05, 0) is 42.8 Å². The molecule has 2 N–H and O–H groups in total. The lowest BCUT2D eigenvalue weighted by Crippen LogP contribution is -2.20. The molecule has 3 aromatic carbocycles. The van der Waals surface area contributed by atoms with Crippen molar-refractivity contribution in [2.24, 2.45) is 0 Å². The fourth-order valence-electron chi connectivity index (χ4n) is 3.23. The smallest absolute Gasteiger partial charge is 0.262 e. The zero-order chi connectivity index (χ0) is 21.6. The normalized spacial score (nSPS) is 10.7. The topological polar surface area (TPSA) is 71.2 Å². The Kier molecular flexibility index (Phi) is 6.38. The van der Waals surface area contributed by atoms with Gasteiger partial charge in [-0.25, -0.2) is 0 Å². The van der Waals surface area contributed by atoms with E-state index in [9.17, 15) is 9.59 Å². The summed E-state index contributed by atoms with van der Waals surface area (Å²) in [5, 5.41) is 3.60. The zero-order valence-corrected chi connectivity index (χ0v) is 17.9. The van der Waals surface area contributed by atoms with E-state index in [4.69, 9.17) is 4.74 Å². The van der Waals surface area contributed by atoms with E-state index >= 15 is 0 Å². The molecule has 31 heavy (non-hydrogen) atoms. The van der Waals surface area contributed by atoms with Crippen LogP contribution in [0, 0.1) is 6.92 Å². The van der Waals surface area contributed by atoms with Crippen LogP contribution in [0.5, 0.6) is 5.75 Å². The number of hydrogen-bond acceptors (Lipinski definition) is 4. The summed E-state index contributed by atoms with van der Waals surface area (Å²) < 4.78 is 5.64. The van der Waals surface area contributed by atoms with Gasteiger partial charge < -0.3 is 15.0 Å². The summed E-state index contributed by atoms with van der Waals surface area (Å²) in [4.78, 5) is 29.0. The molecule has 0 bridgehead atoms. The van der Waals surface area contributed by atoms with E-state index in [0.29, 0.717) is 22.6 Å². The highest BCUT2D eigenvalue weighted by atomic mass is 32.2. The van der Waals surface area contributed by atoms with Gasteiger partial charge in [-0.1, -0.05) is 42.5 Å². The molecule has 0 atom stereocenters. The van der Waals surface area contributed by atoms with Crippen molar-refractivity contribution in [3.63, 3.8) is 0 Å². The molecule has 0 saturated carbocycles. The van der Waals surface area contributed by atoms with Crippen molar-refractivity contribution >= 4 is 34.3 Å². The van der Waals surface area contributed by atoms with Gasteiger partial charge in [0.2, 0.25) is 0 Å². The Hall–Kier alpha value is -3.51. The van der Waals surface area contributed by atoms with Gasteiger partial charge in [-0.15, -0.1) is 11.8 Å². The van der Waals surface area contributed by atoms with Crippen LogP contribution in [0.1, 0.15) is 11.3 Å². The van der Waals surface area contributed by atoms with Crippen LogP contribution in [0.15, 0.2) is 88.6 Å². The molecule has 0 saturated heterocycles. The fraction of sp³-hybridized carbons (Fsp3) is 0.120. The van der Waals surface area contributed by atoms with Crippen molar-refractivity contribution in [3.8, 4) is 5.75 Å². The molecule has 0 aliphatic rings. The van der Waals surface area contributed by atoms with Gasteiger partial charge >= 0.3 is 0 Å². The van der Waals surface area contributed by atoms with Crippen molar-refractivity contribution in [2.45, 2.75) is 17.6 Å². The Labute approximate surface area is 184 Å². The van der Waals surface area contributed by atoms with Crippen molar-refractivity contribution in [1.82, 2.24) is 4.98 Å². The van der Waals surface area contributed by atoms with E-state index in [0.717, 1.165) is 21.7 Å². The molecule has 1 heterocycles. The number of amides is 1. The Morgan fingerprint density at radius 2 is 1.74 bits per heavy atom. The van der Waals surface area contributed by atoms with Crippen LogP contribution in [0.2, 0.25) is 0 Å². The number of aromatic amines is 1. The maximum absolute atomic E-state index is 12.4. The fourth-order valence-corrected chi connectivity index (χ4v) is 4.14. The molecule has 156 valence electrons. The summed E-state index contributed by atoms with van der Waals surface area (Å²) in [6.07, 6.45) is 0. The highest BCUT2D eigenvalue weighted by Gasteiger charge is 2.10. The number of hydrogen-bond donors (Lipinski definition) is 2. The number of rotatable bonds is 7. The van der Waals surface area contributed by atoms with E-state index in [1.165, 1.54) is 0 Å². The highest BCUT2D eigenvalue weighted by Crippen LogP contribution is 2.29. The summed E-state index contributed by atoms with van der Waals surface area (Å²) in [6, 6.07) is 24.3. The largest absolute Gasteiger partial charge is 0.483 e. The first kappa shape index (κ1) is 20.8. The Bertz CT molecular complexity index is 1280. The molecule has 1 amide bonds. The first-order valence-corrected chi connectivity index (χ1v) is 10.9. The predicted octanol–water partition coefficient (Wildman–Crippen LogP) is 5.15. The Balaban J connectivity index is 1.42. The SMILES string of the molecule is Cc1ccccc1OCC(=O)Nc1ccccc1SCc1cc(=O)c2ccccc2[nH]1. The number of H-pyrrole nitrogens is 1. The summed E-state index contributed by atoms with van der Waals surface area (Å²) in [5.41, 5.74) is 3.35. The van der Waals surface area contributed by atoms with Crippen LogP contribution in [-0.4, -0.2) is 17.5 Å². The zero-order valence-electron chi connectivity index (χ0n) is 17.1. The van der Waals surface area contributed by atoms with Gasteiger partial charge in [0.1, 0.15) is 5.75 Å². The average molecular weight is 431 g/mol. The van der Waals surface area contributed by atoms with E-state index in [1.54, 1.807) is 17.8 Å². The number of anilines is 1. The number of para-hydroxylation sites is 3.